The van der Waals surface area contributed by atoms with E-state index in [0.29, 0.717) is 23.7 Å². The van der Waals surface area contributed by atoms with E-state index in [-0.39, 0.29) is 5.76 Å². The Balaban J connectivity index is 1.52. The summed E-state index contributed by atoms with van der Waals surface area (Å²) in [5.74, 6) is 0.00196. The van der Waals surface area contributed by atoms with Gasteiger partial charge in [0.05, 0.1) is 19.6 Å². The van der Waals surface area contributed by atoms with Crippen molar-refractivity contribution in [1.29, 1.82) is 0 Å². The molecule has 1 N–H and O–H groups in total. The molecule has 0 radical (unpaired) electrons. The molecule has 2 aromatic rings. The number of hydrogen-bond acceptors (Lipinski definition) is 6. The first kappa shape index (κ1) is 24.8. The zero-order valence-corrected chi connectivity index (χ0v) is 21.0. The monoisotopic (exact) mass is 481 g/mol. The lowest BCUT2D eigenvalue weighted by atomic mass is 9.83. The van der Waals surface area contributed by atoms with Crippen LogP contribution >= 0.6 is 11.8 Å². The Morgan fingerprint density at radius 1 is 1.03 bits per heavy atom. The Hall–Kier alpha value is -2.28. The highest BCUT2D eigenvalue weighted by Crippen LogP contribution is 2.46. The van der Waals surface area contributed by atoms with Crippen molar-refractivity contribution in [2.45, 2.75) is 55.9 Å². The third-order valence-electron chi connectivity index (χ3n) is 6.65. The maximum Gasteiger partial charge on any atom is 0.349 e. The van der Waals surface area contributed by atoms with Crippen molar-refractivity contribution in [3.63, 3.8) is 0 Å². The van der Waals surface area contributed by atoms with Crippen LogP contribution in [0.15, 0.2) is 70.2 Å². The van der Waals surface area contributed by atoms with Crippen molar-refractivity contribution in [3.05, 3.63) is 76.4 Å². The lowest BCUT2D eigenvalue weighted by Gasteiger charge is -2.38. The molecule has 1 saturated heterocycles. The van der Waals surface area contributed by atoms with Gasteiger partial charge in [-0.3, -0.25) is 4.90 Å². The molecule has 2 aromatic carbocycles. The Labute approximate surface area is 207 Å². The van der Waals surface area contributed by atoms with Crippen LogP contribution in [0.2, 0.25) is 0 Å². The average Bonchev–Trinajstić information content (AvgIpc) is 2.85. The van der Waals surface area contributed by atoms with Crippen molar-refractivity contribution < 1.29 is 19.4 Å². The van der Waals surface area contributed by atoms with E-state index >= 15 is 0 Å². The molecule has 2 heterocycles. The van der Waals surface area contributed by atoms with Crippen molar-refractivity contribution >= 4 is 17.7 Å². The van der Waals surface area contributed by atoms with Gasteiger partial charge in [0.15, 0.2) is 0 Å². The molecule has 0 aliphatic carbocycles. The van der Waals surface area contributed by atoms with E-state index in [2.05, 4.69) is 24.8 Å². The van der Waals surface area contributed by atoms with Crippen LogP contribution in [0.4, 0.5) is 0 Å². The number of unbranched alkanes of at least 4 members (excludes halogenated alkanes) is 1. The Bertz CT molecular complexity index is 1000. The van der Waals surface area contributed by atoms with Gasteiger partial charge in [-0.1, -0.05) is 74.1 Å². The lowest BCUT2D eigenvalue weighted by molar-refractivity contribution is -0.160. The first-order chi connectivity index (χ1) is 16.5. The first-order valence-electron chi connectivity index (χ1n) is 12.3. The summed E-state index contributed by atoms with van der Waals surface area (Å²) in [6.45, 7) is 8.81. The van der Waals surface area contributed by atoms with Crippen molar-refractivity contribution in [3.8, 4) is 0 Å². The minimum absolute atomic E-state index is 0.122. The van der Waals surface area contributed by atoms with Crippen molar-refractivity contribution in [2.24, 2.45) is 0 Å². The van der Waals surface area contributed by atoms with E-state index < -0.39 is 11.6 Å². The topological polar surface area (TPSA) is 59.0 Å². The quantitative estimate of drug-likeness (QED) is 0.349. The number of morpholine rings is 1. The number of hydrogen-bond donors (Lipinski definition) is 1. The van der Waals surface area contributed by atoms with Gasteiger partial charge in [0.2, 0.25) is 0 Å². The molecule has 1 fully saturated rings. The number of carbonyl (C=O) groups excluding carboxylic acids is 1. The van der Waals surface area contributed by atoms with Crippen LogP contribution in [0.5, 0.6) is 0 Å². The smallest absolute Gasteiger partial charge is 0.349 e. The van der Waals surface area contributed by atoms with Gasteiger partial charge in [0.25, 0.3) is 0 Å². The van der Waals surface area contributed by atoms with Gasteiger partial charge in [0.1, 0.15) is 16.3 Å². The van der Waals surface area contributed by atoms with Gasteiger partial charge < -0.3 is 14.6 Å². The van der Waals surface area contributed by atoms with Crippen LogP contribution < -0.4 is 0 Å². The Kier molecular flexibility index (Phi) is 8.35. The highest BCUT2D eigenvalue weighted by molar-refractivity contribution is 8.04. The molecule has 0 bridgehead atoms. The van der Waals surface area contributed by atoms with Gasteiger partial charge in [-0.15, -0.1) is 0 Å². The number of ether oxygens (including phenoxy) is 2. The molecule has 1 atom stereocenters. The largest absolute Gasteiger partial charge is 0.511 e. The predicted octanol–water partition coefficient (Wildman–Crippen LogP) is 6.02. The number of aliphatic hydroxyl groups is 1. The summed E-state index contributed by atoms with van der Waals surface area (Å²) < 4.78 is 11.6. The van der Waals surface area contributed by atoms with E-state index in [1.807, 2.05) is 48.5 Å². The molecule has 1 unspecified atom stereocenters. The summed E-state index contributed by atoms with van der Waals surface area (Å²) in [4.78, 5) is 17.0. The van der Waals surface area contributed by atoms with E-state index in [1.54, 1.807) is 0 Å². The Morgan fingerprint density at radius 2 is 1.74 bits per heavy atom. The maximum absolute atomic E-state index is 13.3. The predicted molar refractivity (Wildman–Crippen MR) is 136 cm³/mol. The standard InChI is InChI=1S/C28H35NO4S/c1-21(2)23-12-6-7-13-25(23)34-26-24(30)20-28(33-27(26)31,22-10-4-3-5-11-22)14-8-9-15-29-16-18-32-19-17-29/h3-7,10-13,21,30H,8-9,14-20H2,1-2H3. The van der Waals surface area contributed by atoms with Gasteiger partial charge >= 0.3 is 5.97 Å². The fourth-order valence-corrected chi connectivity index (χ4v) is 5.85. The van der Waals surface area contributed by atoms with E-state index in [9.17, 15) is 9.90 Å². The number of nitrogens with zero attached hydrogens (tertiary/aromatic N) is 1. The number of esters is 1. The fraction of sp³-hybridized carbons (Fsp3) is 0.464. The molecule has 4 rings (SSSR count). The van der Waals surface area contributed by atoms with Crippen LogP contribution in [0.25, 0.3) is 0 Å². The second kappa shape index (κ2) is 11.4. The number of cyclic esters (lactones) is 1. The summed E-state index contributed by atoms with van der Waals surface area (Å²) >= 11 is 1.32. The average molecular weight is 482 g/mol. The summed E-state index contributed by atoms with van der Waals surface area (Å²) in [5.41, 5.74) is 1.26. The van der Waals surface area contributed by atoms with Crippen LogP contribution in [0, 0.1) is 0 Å². The van der Waals surface area contributed by atoms with Crippen LogP contribution in [0.3, 0.4) is 0 Å². The minimum atomic E-state index is -0.838. The molecular formula is C28H35NO4S. The van der Waals surface area contributed by atoms with Crippen LogP contribution in [-0.4, -0.2) is 48.8 Å². The first-order valence-corrected chi connectivity index (χ1v) is 13.1. The number of thioether (sulfide) groups is 1. The fourth-order valence-electron chi connectivity index (χ4n) is 4.75. The molecule has 5 nitrogen and oxygen atoms in total. The Morgan fingerprint density at radius 3 is 2.44 bits per heavy atom. The summed E-state index contributed by atoms with van der Waals surface area (Å²) in [7, 11) is 0. The van der Waals surface area contributed by atoms with Crippen molar-refractivity contribution in [1.82, 2.24) is 4.90 Å². The third-order valence-corrected chi connectivity index (χ3v) is 7.85. The molecular weight excluding hydrogens is 446 g/mol. The number of benzene rings is 2. The molecule has 0 aromatic heterocycles. The minimum Gasteiger partial charge on any atom is -0.511 e. The highest BCUT2D eigenvalue weighted by atomic mass is 32.2. The summed E-state index contributed by atoms with van der Waals surface area (Å²) in [6, 6.07) is 17.9. The van der Waals surface area contributed by atoms with E-state index in [0.717, 1.165) is 61.7 Å². The van der Waals surface area contributed by atoms with E-state index in [1.165, 1.54) is 11.8 Å². The van der Waals surface area contributed by atoms with Gasteiger partial charge in [-0.2, -0.15) is 0 Å². The second-order valence-electron chi connectivity index (χ2n) is 9.41. The molecule has 2 aliphatic rings. The SMILES string of the molecule is CC(C)c1ccccc1SC1=C(O)CC(CCCCN2CCOCC2)(c2ccccc2)OC1=O. The van der Waals surface area contributed by atoms with Gasteiger partial charge in [-0.05, 0) is 48.9 Å². The molecule has 0 amide bonds. The lowest BCUT2D eigenvalue weighted by Crippen LogP contribution is -2.38. The molecule has 2 aliphatic heterocycles. The van der Waals surface area contributed by atoms with Gasteiger partial charge in [0, 0.05) is 18.0 Å². The number of aliphatic hydroxyl groups excluding tert-OH is 1. The zero-order chi connectivity index (χ0) is 24.0. The van der Waals surface area contributed by atoms with Crippen LogP contribution in [0.1, 0.15) is 56.6 Å². The van der Waals surface area contributed by atoms with Crippen molar-refractivity contribution in [2.75, 3.05) is 32.8 Å². The van der Waals surface area contributed by atoms with Gasteiger partial charge in [-0.25, -0.2) is 4.79 Å². The normalized spacial score (nSPS) is 21.7. The zero-order valence-electron chi connectivity index (χ0n) is 20.2. The molecule has 0 spiro atoms. The molecule has 6 heteroatoms. The highest BCUT2D eigenvalue weighted by Gasteiger charge is 2.43. The van der Waals surface area contributed by atoms with E-state index in [4.69, 9.17) is 9.47 Å². The molecule has 34 heavy (non-hydrogen) atoms. The third kappa shape index (κ3) is 5.85. The molecule has 182 valence electrons. The molecule has 0 saturated carbocycles. The number of rotatable bonds is 9. The summed E-state index contributed by atoms with van der Waals surface area (Å²) in [6.07, 6.45) is 2.90. The number of carbonyl (C=O) groups is 1. The second-order valence-corrected chi connectivity index (χ2v) is 10.5. The summed E-state index contributed by atoms with van der Waals surface area (Å²) in [5, 5.41) is 11.1. The van der Waals surface area contributed by atoms with Crippen LogP contribution in [-0.2, 0) is 19.9 Å². The maximum atomic E-state index is 13.3.